The third-order valence-corrected chi connectivity index (χ3v) is 9.56. The molecule has 41 heavy (non-hydrogen) atoms. The second-order valence-corrected chi connectivity index (χ2v) is 12.5. The van der Waals surface area contributed by atoms with E-state index in [0.29, 0.717) is 33.7 Å². The third-order valence-electron chi connectivity index (χ3n) is 6.96. The van der Waals surface area contributed by atoms with E-state index < -0.39 is 34.7 Å². The number of pyridine rings is 1. The van der Waals surface area contributed by atoms with Gasteiger partial charge in [-0.15, -0.1) is 0 Å². The van der Waals surface area contributed by atoms with Crippen LogP contribution < -0.4 is 14.5 Å². The minimum absolute atomic E-state index is 0.0212. The quantitative estimate of drug-likeness (QED) is 0.246. The van der Waals surface area contributed by atoms with Gasteiger partial charge in [-0.05, 0) is 55.0 Å². The van der Waals surface area contributed by atoms with Crippen LogP contribution >= 0.6 is 23.2 Å². The number of halogens is 4. The fourth-order valence-electron chi connectivity index (χ4n) is 4.44. The lowest BCUT2D eigenvalue weighted by Crippen LogP contribution is -2.55. The van der Waals surface area contributed by atoms with Crippen molar-refractivity contribution in [3.63, 3.8) is 0 Å². The summed E-state index contributed by atoms with van der Waals surface area (Å²) in [4.78, 5) is 16.3. The lowest BCUT2D eigenvalue weighted by atomic mass is 10.0. The summed E-state index contributed by atoms with van der Waals surface area (Å²) in [6.07, 6.45) is 4.29. The second-order valence-electron chi connectivity index (χ2n) is 9.83. The zero-order valence-corrected chi connectivity index (χ0v) is 24.0. The summed E-state index contributed by atoms with van der Waals surface area (Å²) in [7, 11) is -3.92. The maximum absolute atomic E-state index is 13.4. The van der Waals surface area contributed by atoms with Gasteiger partial charge in [-0.3, -0.25) is 4.79 Å². The highest BCUT2D eigenvalue weighted by molar-refractivity contribution is 7.89. The number of aromatic nitrogens is 1. The van der Waals surface area contributed by atoms with Crippen LogP contribution in [0.2, 0.25) is 10.0 Å². The SMILES string of the molecule is O=C(O[C@@H](Cc1c(Cl)c[nH+]cc1Cl)c1ccc(OC(F)F)c(OCC2CC2)c1)[C@@H]1CCN1S(=O)(=O)c1ccccc1. The Kier molecular flexibility index (Phi) is 8.98. The average Bonchev–Trinajstić information content (AvgIpc) is 3.73. The molecule has 1 N–H and O–H groups in total. The van der Waals surface area contributed by atoms with Gasteiger partial charge in [-0.1, -0.05) is 47.5 Å². The maximum atomic E-state index is 13.4. The number of ether oxygens (including phenoxy) is 3. The van der Waals surface area contributed by atoms with Crippen molar-refractivity contribution >= 4 is 39.2 Å². The molecule has 0 spiro atoms. The molecular formula is C28H27Cl2F2N2O6S+. The molecule has 0 unspecified atom stereocenters. The van der Waals surface area contributed by atoms with Crippen LogP contribution in [0.5, 0.6) is 11.5 Å². The molecule has 2 fully saturated rings. The number of nitrogens with zero attached hydrogens (tertiary/aromatic N) is 1. The Morgan fingerprint density at radius 2 is 1.73 bits per heavy atom. The number of alkyl halides is 2. The van der Waals surface area contributed by atoms with E-state index in [1.807, 2.05) is 0 Å². The number of aromatic amines is 1. The molecule has 1 aromatic heterocycles. The molecule has 218 valence electrons. The van der Waals surface area contributed by atoms with E-state index >= 15 is 0 Å². The van der Waals surface area contributed by atoms with Gasteiger partial charge in [0.05, 0.1) is 11.5 Å². The number of hydrogen-bond acceptors (Lipinski definition) is 6. The van der Waals surface area contributed by atoms with E-state index in [1.165, 1.54) is 42.7 Å². The van der Waals surface area contributed by atoms with E-state index in [4.69, 9.17) is 32.7 Å². The maximum Gasteiger partial charge on any atom is 0.387 e. The number of rotatable bonds is 12. The van der Waals surface area contributed by atoms with Crippen molar-refractivity contribution < 1.29 is 41.2 Å². The van der Waals surface area contributed by atoms with E-state index in [-0.39, 0.29) is 35.8 Å². The lowest BCUT2D eigenvalue weighted by Gasteiger charge is -2.38. The van der Waals surface area contributed by atoms with Crippen molar-refractivity contribution in [3.8, 4) is 11.5 Å². The van der Waals surface area contributed by atoms with Crippen LogP contribution in [0.1, 0.15) is 36.5 Å². The van der Waals surface area contributed by atoms with Crippen molar-refractivity contribution in [3.05, 3.63) is 82.1 Å². The molecule has 2 heterocycles. The molecule has 5 rings (SSSR count). The Bertz CT molecular complexity index is 1490. The molecule has 8 nitrogen and oxygen atoms in total. The van der Waals surface area contributed by atoms with Crippen LogP contribution in [0, 0.1) is 5.92 Å². The van der Waals surface area contributed by atoms with Crippen LogP contribution in [-0.4, -0.2) is 44.5 Å². The summed E-state index contributed by atoms with van der Waals surface area (Å²) in [5.41, 5.74) is 0.878. The number of sulfonamides is 1. The molecule has 2 aromatic carbocycles. The fourth-order valence-corrected chi connectivity index (χ4v) is 6.62. The van der Waals surface area contributed by atoms with Crippen molar-refractivity contribution in [2.45, 2.75) is 49.3 Å². The summed E-state index contributed by atoms with van der Waals surface area (Å²) < 4.78 is 69.9. The molecule has 0 amide bonds. The average molecular weight is 629 g/mol. The summed E-state index contributed by atoms with van der Waals surface area (Å²) in [6.45, 7) is -2.58. The van der Waals surface area contributed by atoms with Crippen molar-refractivity contribution in [1.29, 1.82) is 0 Å². The summed E-state index contributed by atoms with van der Waals surface area (Å²) in [5, 5.41) is 0.580. The van der Waals surface area contributed by atoms with Crippen LogP contribution in [0.3, 0.4) is 0 Å². The minimum Gasteiger partial charge on any atom is -0.489 e. The van der Waals surface area contributed by atoms with E-state index in [1.54, 1.807) is 18.2 Å². The highest BCUT2D eigenvalue weighted by atomic mass is 35.5. The molecule has 3 aromatic rings. The Morgan fingerprint density at radius 1 is 1.02 bits per heavy atom. The van der Waals surface area contributed by atoms with Gasteiger partial charge in [0.25, 0.3) is 0 Å². The highest BCUT2D eigenvalue weighted by Gasteiger charge is 2.44. The predicted octanol–water partition coefficient (Wildman–Crippen LogP) is 5.49. The number of nitrogens with one attached hydrogen (secondary N) is 1. The van der Waals surface area contributed by atoms with Gasteiger partial charge in [0, 0.05) is 18.5 Å². The Balaban J connectivity index is 1.44. The third kappa shape index (κ3) is 6.91. The normalized spacial score (nSPS) is 18.0. The predicted molar refractivity (Wildman–Crippen MR) is 146 cm³/mol. The first-order valence-corrected chi connectivity index (χ1v) is 15.2. The highest BCUT2D eigenvalue weighted by Crippen LogP contribution is 2.38. The molecule has 1 saturated heterocycles. The Hall–Kier alpha value is -2.99. The van der Waals surface area contributed by atoms with E-state index in [0.717, 1.165) is 17.1 Å². The topological polar surface area (TPSA) is 96.3 Å². The lowest BCUT2D eigenvalue weighted by molar-refractivity contribution is -0.377. The summed E-state index contributed by atoms with van der Waals surface area (Å²) in [6, 6.07) is 11.1. The summed E-state index contributed by atoms with van der Waals surface area (Å²) >= 11 is 12.8. The van der Waals surface area contributed by atoms with E-state index in [2.05, 4.69) is 9.72 Å². The first kappa shape index (κ1) is 29.5. The Labute approximate surface area is 246 Å². The number of H-pyrrole nitrogens is 1. The second kappa shape index (κ2) is 12.5. The molecule has 1 aliphatic heterocycles. The number of carbonyl (C=O) groups is 1. The van der Waals surface area contributed by atoms with Crippen molar-refractivity contribution in [1.82, 2.24) is 4.31 Å². The zero-order valence-electron chi connectivity index (χ0n) is 21.6. The van der Waals surface area contributed by atoms with Gasteiger partial charge in [0.15, 0.2) is 23.9 Å². The first-order valence-electron chi connectivity index (χ1n) is 13.0. The fraction of sp³-hybridized carbons (Fsp3) is 0.357. The molecule has 13 heteroatoms. The molecule has 0 bridgehead atoms. The molecule has 2 atom stereocenters. The van der Waals surface area contributed by atoms with Gasteiger partial charge in [-0.25, -0.2) is 13.4 Å². The molecule has 1 aliphatic carbocycles. The van der Waals surface area contributed by atoms with Gasteiger partial charge < -0.3 is 14.2 Å². The largest absolute Gasteiger partial charge is 0.489 e. The summed E-state index contributed by atoms with van der Waals surface area (Å²) in [5.74, 6) is -0.505. The molecule has 1 saturated carbocycles. The monoisotopic (exact) mass is 627 g/mol. The van der Waals surface area contributed by atoms with Crippen molar-refractivity contribution in [2.24, 2.45) is 5.92 Å². The van der Waals surface area contributed by atoms with Crippen molar-refractivity contribution in [2.75, 3.05) is 13.2 Å². The number of benzene rings is 2. The number of carbonyl (C=O) groups excluding carboxylic acids is 1. The zero-order chi connectivity index (χ0) is 29.1. The number of hydrogen-bond donors (Lipinski definition) is 0. The van der Waals surface area contributed by atoms with Crippen LogP contribution in [0.4, 0.5) is 8.78 Å². The molecule has 0 radical (unpaired) electrons. The van der Waals surface area contributed by atoms with Gasteiger partial charge in [-0.2, -0.15) is 13.1 Å². The first-order chi connectivity index (χ1) is 19.6. The Morgan fingerprint density at radius 3 is 2.34 bits per heavy atom. The van der Waals surface area contributed by atoms with Gasteiger partial charge in [0.2, 0.25) is 10.0 Å². The van der Waals surface area contributed by atoms with Crippen LogP contribution in [-0.2, 0) is 26.0 Å². The van der Waals surface area contributed by atoms with Gasteiger partial charge >= 0.3 is 12.6 Å². The minimum atomic E-state index is -3.92. The number of esters is 1. The smallest absolute Gasteiger partial charge is 0.387 e. The molecule has 2 aliphatic rings. The van der Waals surface area contributed by atoms with Crippen LogP contribution in [0.25, 0.3) is 0 Å². The molecular weight excluding hydrogens is 601 g/mol. The standard InChI is InChI=1S/C28H26Cl2F2N2O6S/c29-21-14-33-15-22(30)20(21)13-25(18-8-9-24(40-28(31)32)26(12-18)38-16-17-6-7-17)39-27(35)23-10-11-34(23)41(36,37)19-4-2-1-3-5-19/h1-5,8-9,12,14-15,17,23,25,28H,6-7,10-11,13,16H2/p+1/t23-,25-/m0/s1. The van der Waals surface area contributed by atoms with Crippen LogP contribution in [0.15, 0.2) is 65.8 Å². The van der Waals surface area contributed by atoms with E-state index in [9.17, 15) is 22.0 Å². The van der Waals surface area contributed by atoms with Gasteiger partial charge in [0.1, 0.15) is 22.2 Å².